The van der Waals surface area contributed by atoms with E-state index in [4.69, 9.17) is 0 Å². The number of benzene rings is 1. The molecule has 0 bridgehead atoms. The Hall–Kier alpha value is -2.35. The summed E-state index contributed by atoms with van der Waals surface area (Å²) < 4.78 is 4.64. The molecule has 0 saturated carbocycles. The molecule has 5 nitrogen and oxygen atoms in total. The standard InChI is InChI=1S/C12H11NO4/c1-3-17-12(14)7-5-10-4-6-11(13(15)16)8-9(10)2/h4,6,8H,3H2,1-2H3. The zero-order valence-electron chi connectivity index (χ0n) is 9.52. The number of nitrogens with zero attached hydrogens (tertiary/aromatic N) is 1. The number of nitro benzene ring substituents is 1. The van der Waals surface area contributed by atoms with Crippen molar-refractivity contribution in [2.75, 3.05) is 6.61 Å². The molecule has 0 amide bonds. The zero-order chi connectivity index (χ0) is 12.8. The highest BCUT2D eigenvalue weighted by atomic mass is 16.6. The lowest BCUT2D eigenvalue weighted by molar-refractivity contribution is -0.384. The summed E-state index contributed by atoms with van der Waals surface area (Å²) in [6.07, 6.45) is 0. The summed E-state index contributed by atoms with van der Waals surface area (Å²) in [6.45, 7) is 3.66. The van der Waals surface area contributed by atoms with Gasteiger partial charge in [-0.3, -0.25) is 10.1 Å². The zero-order valence-corrected chi connectivity index (χ0v) is 9.52. The molecule has 0 aliphatic rings. The van der Waals surface area contributed by atoms with Crippen LogP contribution < -0.4 is 0 Å². The number of non-ortho nitro benzene ring substituents is 1. The van der Waals surface area contributed by atoms with Gasteiger partial charge < -0.3 is 4.74 Å². The monoisotopic (exact) mass is 233 g/mol. The first kappa shape index (κ1) is 12.7. The third-order valence-electron chi connectivity index (χ3n) is 2.00. The molecule has 1 aromatic rings. The van der Waals surface area contributed by atoms with E-state index in [1.165, 1.54) is 18.2 Å². The number of ether oxygens (including phenoxy) is 1. The minimum absolute atomic E-state index is 0.00387. The Bertz CT molecular complexity index is 511. The SMILES string of the molecule is CCOC(=O)C#Cc1ccc([N+](=O)[O-])cc1C. The number of esters is 1. The van der Waals surface area contributed by atoms with E-state index < -0.39 is 10.9 Å². The highest BCUT2D eigenvalue weighted by Crippen LogP contribution is 2.16. The summed E-state index contributed by atoms with van der Waals surface area (Å²) in [6, 6.07) is 4.27. The minimum atomic E-state index is -0.606. The van der Waals surface area contributed by atoms with Crippen molar-refractivity contribution in [2.45, 2.75) is 13.8 Å². The largest absolute Gasteiger partial charge is 0.456 e. The second-order valence-corrected chi connectivity index (χ2v) is 3.23. The maximum Gasteiger partial charge on any atom is 0.384 e. The van der Waals surface area contributed by atoms with E-state index in [0.29, 0.717) is 11.1 Å². The topological polar surface area (TPSA) is 69.4 Å². The van der Waals surface area contributed by atoms with Crippen molar-refractivity contribution < 1.29 is 14.5 Å². The molecule has 0 radical (unpaired) electrons. The molecule has 0 unspecified atom stereocenters. The minimum Gasteiger partial charge on any atom is -0.456 e. The Kier molecular flexibility index (Phi) is 4.23. The second-order valence-electron chi connectivity index (χ2n) is 3.23. The summed E-state index contributed by atoms with van der Waals surface area (Å²) >= 11 is 0. The van der Waals surface area contributed by atoms with Gasteiger partial charge in [-0.2, -0.15) is 0 Å². The smallest absolute Gasteiger partial charge is 0.384 e. The van der Waals surface area contributed by atoms with Gasteiger partial charge in [0.25, 0.3) is 5.69 Å². The lowest BCUT2D eigenvalue weighted by Gasteiger charge is -1.97. The van der Waals surface area contributed by atoms with Crippen LogP contribution in [0.4, 0.5) is 5.69 Å². The van der Waals surface area contributed by atoms with Crippen molar-refractivity contribution in [3.63, 3.8) is 0 Å². The first-order chi connectivity index (χ1) is 8.04. The van der Waals surface area contributed by atoms with Gasteiger partial charge in [-0.1, -0.05) is 5.92 Å². The lowest BCUT2D eigenvalue weighted by atomic mass is 10.1. The predicted molar refractivity (Wildman–Crippen MR) is 61.3 cm³/mol. The van der Waals surface area contributed by atoms with Crippen molar-refractivity contribution >= 4 is 11.7 Å². The number of carbonyl (C=O) groups is 1. The van der Waals surface area contributed by atoms with Gasteiger partial charge in [-0.05, 0) is 25.5 Å². The van der Waals surface area contributed by atoms with Gasteiger partial charge in [-0.25, -0.2) is 4.79 Å². The fourth-order valence-electron chi connectivity index (χ4n) is 1.19. The Morgan fingerprint density at radius 1 is 1.53 bits per heavy atom. The van der Waals surface area contributed by atoms with Crippen molar-refractivity contribution in [3.8, 4) is 11.8 Å². The van der Waals surface area contributed by atoms with E-state index in [0.717, 1.165) is 0 Å². The van der Waals surface area contributed by atoms with Gasteiger partial charge in [-0.15, -0.1) is 0 Å². The maximum absolute atomic E-state index is 11.0. The van der Waals surface area contributed by atoms with Gasteiger partial charge in [0.05, 0.1) is 11.5 Å². The lowest BCUT2D eigenvalue weighted by Crippen LogP contribution is -1.99. The maximum atomic E-state index is 11.0. The van der Waals surface area contributed by atoms with Crippen LogP contribution in [0.15, 0.2) is 18.2 Å². The molecule has 0 spiro atoms. The molecule has 0 N–H and O–H groups in total. The van der Waals surface area contributed by atoms with E-state index in [1.54, 1.807) is 13.8 Å². The van der Waals surface area contributed by atoms with Crippen LogP contribution in [0.2, 0.25) is 0 Å². The molecule has 0 heterocycles. The average Bonchev–Trinajstić information content (AvgIpc) is 2.27. The second kappa shape index (κ2) is 5.66. The number of nitro groups is 1. The van der Waals surface area contributed by atoms with Crippen molar-refractivity contribution in [2.24, 2.45) is 0 Å². The van der Waals surface area contributed by atoms with E-state index in [2.05, 4.69) is 16.6 Å². The summed E-state index contributed by atoms with van der Waals surface area (Å²) in [4.78, 5) is 21.0. The summed E-state index contributed by atoms with van der Waals surface area (Å²) in [5.41, 5.74) is 1.23. The molecular weight excluding hydrogens is 222 g/mol. The van der Waals surface area contributed by atoms with Crippen LogP contribution in [0, 0.1) is 28.9 Å². The first-order valence-electron chi connectivity index (χ1n) is 4.98. The average molecular weight is 233 g/mol. The van der Waals surface area contributed by atoms with E-state index in [9.17, 15) is 14.9 Å². The fraction of sp³-hybridized carbons (Fsp3) is 0.250. The van der Waals surface area contributed by atoms with Gasteiger partial charge >= 0.3 is 5.97 Å². The molecule has 0 fully saturated rings. The molecule has 0 aliphatic carbocycles. The molecule has 0 aliphatic heterocycles. The van der Waals surface area contributed by atoms with Crippen LogP contribution in [-0.2, 0) is 9.53 Å². The molecule has 1 aromatic carbocycles. The summed E-state index contributed by atoms with van der Waals surface area (Å²) in [7, 11) is 0. The van der Waals surface area contributed by atoms with Gasteiger partial charge in [0.2, 0.25) is 0 Å². The van der Waals surface area contributed by atoms with E-state index >= 15 is 0 Å². The third kappa shape index (κ3) is 3.61. The molecule has 17 heavy (non-hydrogen) atoms. The van der Waals surface area contributed by atoms with Crippen LogP contribution in [0.1, 0.15) is 18.1 Å². The number of hydrogen-bond donors (Lipinski definition) is 0. The summed E-state index contributed by atoms with van der Waals surface area (Å²) in [5.74, 6) is 4.32. The highest BCUT2D eigenvalue weighted by molar-refractivity contribution is 5.89. The Labute approximate surface area is 98.5 Å². The molecule has 5 heteroatoms. The molecular formula is C12H11NO4. The number of aryl methyl sites for hydroxylation is 1. The van der Waals surface area contributed by atoms with Crippen LogP contribution in [0.25, 0.3) is 0 Å². The quantitative estimate of drug-likeness (QED) is 0.338. The molecule has 0 aromatic heterocycles. The highest BCUT2D eigenvalue weighted by Gasteiger charge is 2.06. The van der Waals surface area contributed by atoms with E-state index in [-0.39, 0.29) is 12.3 Å². The Morgan fingerprint density at radius 3 is 2.76 bits per heavy atom. The molecule has 88 valence electrons. The van der Waals surface area contributed by atoms with Crippen molar-refractivity contribution in [1.29, 1.82) is 0 Å². The van der Waals surface area contributed by atoms with Crippen molar-refractivity contribution in [1.82, 2.24) is 0 Å². The number of carbonyl (C=O) groups excluding carboxylic acids is 1. The van der Waals surface area contributed by atoms with Gasteiger partial charge in [0.1, 0.15) is 0 Å². The van der Waals surface area contributed by atoms with Gasteiger partial charge in [0, 0.05) is 23.6 Å². The Morgan fingerprint density at radius 2 is 2.24 bits per heavy atom. The van der Waals surface area contributed by atoms with Crippen LogP contribution in [0.3, 0.4) is 0 Å². The Balaban J connectivity index is 2.93. The van der Waals surface area contributed by atoms with Gasteiger partial charge in [0.15, 0.2) is 0 Å². The summed E-state index contributed by atoms with van der Waals surface area (Å²) in [5, 5.41) is 10.5. The number of hydrogen-bond acceptors (Lipinski definition) is 4. The number of rotatable bonds is 2. The van der Waals surface area contributed by atoms with E-state index in [1.807, 2.05) is 0 Å². The normalized spacial score (nSPS) is 9.06. The molecule has 0 atom stereocenters. The van der Waals surface area contributed by atoms with Crippen LogP contribution >= 0.6 is 0 Å². The van der Waals surface area contributed by atoms with Crippen LogP contribution in [0.5, 0.6) is 0 Å². The molecule has 0 saturated heterocycles. The molecule has 1 rings (SSSR count). The van der Waals surface area contributed by atoms with Crippen LogP contribution in [-0.4, -0.2) is 17.5 Å². The third-order valence-corrected chi connectivity index (χ3v) is 2.00. The fourth-order valence-corrected chi connectivity index (χ4v) is 1.19. The predicted octanol–water partition coefficient (Wildman–Crippen LogP) is 1.82. The first-order valence-corrected chi connectivity index (χ1v) is 4.98. The van der Waals surface area contributed by atoms with Crippen molar-refractivity contribution in [3.05, 3.63) is 39.4 Å².